The first kappa shape index (κ1) is 14.4. The van der Waals surface area contributed by atoms with E-state index in [4.69, 9.17) is 4.74 Å². The fourth-order valence-electron chi connectivity index (χ4n) is 2.66. The molecule has 3 aromatic rings. The third kappa shape index (κ3) is 2.41. The lowest BCUT2D eigenvalue weighted by Crippen LogP contribution is -2.55. The first-order valence-corrected chi connectivity index (χ1v) is 7.55. The Morgan fingerprint density at radius 3 is 2.92 bits per heavy atom. The van der Waals surface area contributed by atoms with E-state index in [1.165, 1.54) is 6.08 Å². The number of likely N-dealkylation sites (tertiary alicyclic amines) is 1. The molecule has 0 unspecified atom stereocenters. The van der Waals surface area contributed by atoms with Crippen molar-refractivity contribution in [3.05, 3.63) is 43.5 Å². The molecule has 0 saturated carbocycles. The summed E-state index contributed by atoms with van der Waals surface area (Å²) in [5.41, 5.74) is 2.40. The number of carbonyl (C=O) groups excluding carboxylic acids is 1. The highest BCUT2D eigenvalue weighted by molar-refractivity contribution is 5.87. The first-order chi connectivity index (χ1) is 11.6. The summed E-state index contributed by atoms with van der Waals surface area (Å²) in [4.78, 5) is 17.8. The number of aromatic nitrogens is 5. The van der Waals surface area contributed by atoms with Gasteiger partial charge in [0, 0.05) is 18.8 Å². The van der Waals surface area contributed by atoms with E-state index in [0.29, 0.717) is 19.0 Å². The number of hydrogen-bond acceptors (Lipinski definition) is 5. The summed E-state index contributed by atoms with van der Waals surface area (Å²) >= 11 is 0. The van der Waals surface area contributed by atoms with Crippen molar-refractivity contribution in [3.63, 3.8) is 0 Å². The van der Waals surface area contributed by atoms with Gasteiger partial charge in [0.15, 0.2) is 0 Å². The molecule has 0 aromatic carbocycles. The molecule has 3 aromatic heterocycles. The molecule has 0 N–H and O–H groups in total. The fraction of sp³-hybridized carbons (Fsp3) is 0.250. The summed E-state index contributed by atoms with van der Waals surface area (Å²) in [6.07, 6.45) is 8.40. The predicted molar refractivity (Wildman–Crippen MR) is 86.4 cm³/mol. The van der Waals surface area contributed by atoms with Gasteiger partial charge in [-0.15, -0.1) is 0 Å². The van der Waals surface area contributed by atoms with E-state index in [9.17, 15) is 4.79 Å². The summed E-state index contributed by atoms with van der Waals surface area (Å²) in [5, 5.41) is 8.44. The quantitative estimate of drug-likeness (QED) is 0.667. The second kappa shape index (κ2) is 5.48. The number of aryl methyl sites for hydroxylation is 1. The molecule has 1 fully saturated rings. The summed E-state index contributed by atoms with van der Waals surface area (Å²) in [6.45, 7) is 4.55. The van der Waals surface area contributed by atoms with E-state index in [1.54, 1.807) is 26.5 Å². The molecule has 8 heteroatoms. The van der Waals surface area contributed by atoms with Gasteiger partial charge in [-0.05, 0) is 12.1 Å². The van der Waals surface area contributed by atoms with Crippen LogP contribution in [0.3, 0.4) is 0 Å². The van der Waals surface area contributed by atoms with Crippen molar-refractivity contribution in [1.29, 1.82) is 0 Å². The lowest BCUT2D eigenvalue weighted by atomic mass is 10.1. The molecule has 0 spiro atoms. The normalized spacial score (nSPS) is 14.6. The summed E-state index contributed by atoms with van der Waals surface area (Å²) in [7, 11) is 1.85. The molecule has 1 aliphatic heterocycles. The van der Waals surface area contributed by atoms with Crippen molar-refractivity contribution in [2.75, 3.05) is 13.1 Å². The Kier molecular flexibility index (Phi) is 3.30. The first-order valence-electron chi connectivity index (χ1n) is 7.55. The zero-order valence-corrected chi connectivity index (χ0v) is 13.2. The van der Waals surface area contributed by atoms with Crippen LogP contribution in [0.1, 0.15) is 0 Å². The van der Waals surface area contributed by atoms with Gasteiger partial charge in [0.1, 0.15) is 11.6 Å². The van der Waals surface area contributed by atoms with Gasteiger partial charge >= 0.3 is 0 Å². The number of amides is 1. The Balaban J connectivity index is 1.62. The highest BCUT2D eigenvalue weighted by Gasteiger charge is 2.31. The predicted octanol–water partition coefficient (Wildman–Crippen LogP) is 0.905. The number of fused-ring (bicyclic) bond motifs is 1. The molecule has 122 valence electrons. The van der Waals surface area contributed by atoms with Crippen LogP contribution < -0.4 is 4.74 Å². The Morgan fingerprint density at radius 2 is 2.21 bits per heavy atom. The van der Waals surface area contributed by atoms with E-state index in [1.807, 2.05) is 25.5 Å². The van der Waals surface area contributed by atoms with Crippen LogP contribution >= 0.6 is 0 Å². The van der Waals surface area contributed by atoms with Gasteiger partial charge in [-0.25, -0.2) is 9.50 Å². The maximum atomic E-state index is 11.5. The molecular weight excluding hydrogens is 308 g/mol. The van der Waals surface area contributed by atoms with Crippen LogP contribution in [0.15, 0.2) is 43.5 Å². The van der Waals surface area contributed by atoms with Gasteiger partial charge < -0.3 is 9.64 Å². The van der Waals surface area contributed by atoms with E-state index >= 15 is 0 Å². The molecule has 1 saturated heterocycles. The van der Waals surface area contributed by atoms with Crippen LogP contribution in [0.2, 0.25) is 0 Å². The average molecular weight is 324 g/mol. The SMILES string of the molecule is C=CC(=O)N1CC(Oc2nc(-c3cnn(C)c3)cn3nccc23)C1. The standard InChI is InChI=1S/C16H16N6O2/c1-3-15(23)21-8-12(9-21)24-16-14-4-5-17-22(14)10-13(19-16)11-6-18-20(2)7-11/h3-7,10,12H,1,8-9H2,2H3. The molecule has 0 radical (unpaired) electrons. The van der Waals surface area contributed by atoms with E-state index < -0.39 is 0 Å². The maximum Gasteiger partial charge on any atom is 0.246 e. The van der Waals surface area contributed by atoms with Crippen molar-refractivity contribution < 1.29 is 9.53 Å². The molecule has 1 amide bonds. The van der Waals surface area contributed by atoms with Crippen molar-refractivity contribution >= 4 is 11.4 Å². The summed E-state index contributed by atoms with van der Waals surface area (Å²) in [6, 6.07) is 1.85. The summed E-state index contributed by atoms with van der Waals surface area (Å²) < 4.78 is 9.44. The Bertz CT molecular complexity index is 922. The largest absolute Gasteiger partial charge is 0.469 e. The molecular formula is C16H16N6O2. The average Bonchev–Trinajstić information content (AvgIpc) is 3.17. The molecule has 0 bridgehead atoms. The number of ether oxygens (including phenoxy) is 1. The summed E-state index contributed by atoms with van der Waals surface area (Å²) in [5.74, 6) is 0.422. The molecule has 4 heterocycles. The second-order valence-corrected chi connectivity index (χ2v) is 5.68. The van der Waals surface area contributed by atoms with E-state index in [-0.39, 0.29) is 12.0 Å². The number of nitrogens with zero attached hydrogens (tertiary/aromatic N) is 6. The zero-order valence-electron chi connectivity index (χ0n) is 13.2. The molecule has 0 atom stereocenters. The molecule has 4 rings (SSSR count). The molecule has 24 heavy (non-hydrogen) atoms. The van der Waals surface area contributed by atoms with Gasteiger partial charge in [-0.1, -0.05) is 6.58 Å². The number of hydrogen-bond donors (Lipinski definition) is 0. The Labute approximate surface area is 138 Å². The minimum Gasteiger partial charge on any atom is -0.469 e. The van der Waals surface area contributed by atoms with Crippen LogP contribution in [-0.4, -0.2) is 54.4 Å². The number of carbonyl (C=O) groups is 1. The lowest BCUT2D eigenvalue weighted by Gasteiger charge is -2.38. The monoisotopic (exact) mass is 324 g/mol. The van der Waals surface area contributed by atoms with Gasteiger partial charge in [0.2, 0.25) is 11.8 Å². The van der Waals surface area contributed by atoms with E-state index in [2.05, 4.69) is 21.8 Å². The van der Waals surface area contributed by atoms with Gasteiger partial charge in [0.05, 0.1) is 37.4 Å². The van der Waals surface area contributed by atoms with Crippen LogP contribution in [0.4, 0.5) is 0 Å². The molecule has 8 nitrogen and oxygen atoms in total. The van der Waals surface area contributed by atoms with Gasteiger partial charge in [-0.2, -0.15) is 10.2 Å². The Morgan fingerprint density at radius 1 is 1.38 bits per heavy atom. The van der Waals surface area contributed by atoms with Crippen LogP contribution in [0, 0.1) is 0 Å². The highest BCUT2D eigenvalue weighted by atomic mass is 16.5. The number of rotatable bonds is 4. The maximum absolute atomic E-state index is 11.5. The van der Waals surface area contributed by atoms with Gasteiger partial charge in [0.25, 0.3) is 0 Å². The minimum absolute atomic E-state index is 0.0794. The van der Waals surface area contributed by atoms with Crippen LogP contribution in [0.5, 0.6) is 5.88 Å². The third-order valence-electron chi connectivity index (χ3n) is 3.97. The van der Waals surface area contributed by atoms with Crippen molar-refractivity contribution in [1.82, 2.24) is 29.3 Å². The van der Waals surface area contributed by atoms with Crippen molar-refractivity contribution in [2.45, 2.75) is 6.10 Å². The second-order valence-electron chi connectivity index (χ2n) is 5.68. The lowest BCUT2D eigenvalue weighted by molar-refractivity contribution is -0.134. The molecule has 1 aliphatic rings. The highest BCUT2D eigenvalue weighted by Crippen LogP contribution is 2.26. The van der Waals surface area contributed by atoms with Crippen molar-refractivity contribution in [3.8, 4) is 17.1 Å². The fourth-order valence-corrected chi connectivity index (χ4v) is 2.66. The topological polar surface area (TPSA) is 77.6 Å². The van der Waals surface area contributed by atoms with E-state index in [0.717, 1.165) is 16.8 Å². The van der Waals surface area contributed by atoms with Crippen molar-refractivity contribution in [2.24, 2.45) is 7.05 Å². The van der Waals surface area contributed by atoms with Gasteiger partial charge in [-0.3, -0.25) is 9.48 Å². The zero-order chi connectivity index (χ0) is 16.7. The van der Waals surface area contributed by atoms with Crippen LogP contribution in [0.25, 0.3) is 16.8 Å². The smallest absolute Gasteiger partial charge is 0.246 e. The minimum atomic E-state index is -0.0820. The van der Waals surface area contributed by atoms with Crippen LogP contribution in [-0.2, 0) is 11.8 Å². The Hall–Kier alpha value is -3.16. The third-order valence-corrected chi connectivity index (χ3v) is 3.97. The molecule has 0 aliphatic carbocycles.